The molecule has 1 aliphatic carbocycles. The Hall–Kier alpha value is -2.11. The first-order valence-electron chi connectivity index (χ1n) is 8.36. The molecule has 0 aromatic heterocycles. The number of rotatable bonds is 5. The van der Waals surface area contributed by atoms with Gasteiger partial charge in [0.25, 0.3) is 0 Å². The smallest absolute Gasteiger partial charge is 0.326 e. The van der Waals surface area contributed by atoms with Crippen molar-refractivity contribution in [3.63, 3.8) is 0 Å². The van der Waals surface area contributed by atoms with Gasteiger partial charge < -0.3 is 14.7 Å². The number of hydrogen-bond acceptors (Lipinski definition) is 3. The van der Waals surface area contributed by atoms with E-state index in [4.69, 9.17) is 4.74 Å². The van der Waals surface area contributed by atoms with Gasteiger partial charge in [-0.2, -0.15) is 0 Å². The Kier molecular flexibility index (Phi) is 4.73. The third kappa shape index (κ3) is 2.97. The number of fused-ring (bicyclic) bond motifs is 1. The molecule has 1 aromatic carbocycles. The Morgan fingerprint density at radius 3 is 2.88 bits per heavy atom. The molecule has 1 saturated carbocycles. The van der Waals surface area contributed by atoms with E-state index in [1.54, 1.807) is 12.1 Å². The van der Waals surface area contributed by atoms with Crippen molar-refractivity contribution in [2.45, 2.75) is 38.1 Å². The second-order valence-corrected chi connectivity index (χ2v) is 6.62. The van der Waals surface area contributed by atoms with Gasteiger partial charge in [-0.25, -0.2) is 9.18 Å². The van der Waals surface area contributed by atoms with Crippen molar-refractivity contribution >= 4 is 11.9 Å². The van der Waals surface area contributed by atoms with Crippen molar-refractivity contribution in [1.29, 1.82) is 0 Å². The van der Waals surface area contributed by atoms with Crippen molar-refractivity contribution in [2.75, 3.05) is 13.7 Å². The van der Waals surface area contributed by atoms with Crippen molar-refractivity contribution in [1.82, 2.24) is 4.90 Å². The van der Waals surface area contributed by atoms with Crippen LogP contribution in [0.3, 0.4) is 0 Å². The minimum Gasteiger partial charge on any atom is -0.494 e. The molecule has 0 spiro atoms. The summed E-state index contributed by atoms with van der Waals surface area (Å²) >= 11 is 0. The van der Waals surface area contributed by atoms with Crippen LogP contribution >= 0.6 is 0 Å². The first-order chi connectivity index (χ1) is 11.5. The molecule has 3 atom stereocenters. The lowest BCUT2D eigenvalue weighted by atomic mass is 9.94. The molecule has 5 nitrogen and oxygen atoms in total. The molecule has 3 rings (SSSR count). The van der Waals surface area contributed by atoms with Crippen LogP contribution in [0.2, 0.25) is 0 Å². The monoisotopic (exact) mass is 335 g/mol. The molecule has 6 heteroatoms. The summed E-state index contributed by atoms with van der Waals surface area (Å²) in [5.41, 5.74) is 0.411. The van der Waals surface area contributed by atoms with Crippen LogP contribution in [-0.2, 0) is 16.0 Å². The highest BCUT2D eigenvalue weighted by molar-refractivity contribution is 5.85. The number of methoxy groups -OCH3 is 1. The summed E-state index contributed by atoms with van der Waals surface area (Å²) < 4.78 is 19.1. The third-order valence-electron chi connectivity index (χ3n) is 5.34. The molecule has 2 aliphatic rings. The predicted molar refractivity (Wildman–Crippen MR) is 85.2 cm³/mol. The van der Waals surface area contributed by atoms with Gasteiger partial charge in [0.15, 0.2) is 11.6 Å². The standard InChI is InChI=1S/C18H22FNO4/c1-24-14-7-3-4-11(16(14)19)8-9-15(21)20-10-12-5-2-6-13(12)17(20)18(22)23/h3-4,7,12-13,17H,2,5-6,8-10H2,1H3,(H,22,23)/t12-,13+,17+/m0/s1. The van der Waals surface area contributed by atoms with Crippen LogP contribution in [0.1, 0.15) is 31.2 Å². The first kappa shape index (κ1) is 16.7. The first-order valence-corrected chi connectivity index (χ1v) is 8.36. The summed E-state index contributed by atoms with van der Waals surface area (Å²) in [5.74, 6) is -1.08. The SMILES string of the molecule is COc1cccc(CCC(=O)N2C[C@@H]3CCC[C@H]3[C@@H]2C(=O)O)c1F. The topological polar surface area (TPSA) is 66.8 Å². The van der Waals surface area contributed by atoms with E-state index in [1.165, 1.54) is 18.1 Å². The molecule has 1 aliphatic heterocycles. The summed E-state index contributed by atoms with van der Waals surface area (Å²) in [6, 6.07) is 4.11. The number of carbonyl (C=O) groups is 2. The van der Waals surface area contributed by atoms with Gasteiger partial charge in [-0.05, 0) is 42.7 Å². The van der Waals surface area contributed by atoms with Crippen molar-refractivity contribution in [2.24, 2.45) is 11.8 Å². The number of ether oxygens (including phenoxy) is 1. The van der Waals surface area contributed by atoms with Gasteiger partial charge in [0.1, 0.15) is 6.04 Å². The highest BCUT2D eigenvalue weighted by Crippen LogP contribution is 2.42. The Morgan fingerprint density at radius 2 is 2.17 bits per heavy atom. The molecular formula is C18H22FNO4. The average molecular weight is 335 g/mol. The fourth-order valence-corrected chi connectivity index (χ4v) is 4.17. The van der Waals surface area contributed by atoms with E-state index in [1.807, 2.05) is 0 Å². The van der Waals surface area contributed by atoms with Gasteiger partial charge in [0.2, 0.25) is 5.91 Å². The quantitative estimate of drug-likeness (QED) is 0.898. The third-order valence-corrected chi connectivity index (χ3v) is 5.34. The Bertz CT molecular complexity index is 648. The molecular weight excluding hydrogens is 313 g/mol. The minimum absolute atomic E-state index is 0.0694. The lowest BCUT2D eigenvalue weighted by Crippen LogP contribution is -2.43. The number of hydrogen-bond donors (Lipinski definition) is 1. The molecule has 130 valence electrons. The maximum absolute atomic E-state index is 14.1. The Balaban J connectivity index is 1.68. The Labute approximate surface area is 140 Å². The molecule has 0 bridgehead atoms. The van der Waals surface area contributed by atoms with Gasteiger partial charge in [0.05, 0.1) is 7.11 Å². The maximum atomic E-state index is 14.1. The van der Waals surface area contributed by atoms with Crippen LogP contribution in [-0.4, -0.2) is 41.6 Å². The van der Waals surface area contributed by atoms with Gasteiger partial charge in [-0.1, -0.05) is 18.6 Å². The average Bonchev–Trinajstić information content (AvgIpc) is 3.13. The molecule has 0 unspecified atom stereocenters. The second-order valence-electron chi connectivity index (χ2n) is 6.62. The van der Waals surface area contributed by atoms with Crippen LogP contribution in [0.25, 0.3) is 0 Å². The van der Waals surface area contributed by atoms with E-state index in [0.29, 0.717) is 18.0 Å². The second kappa shape index (κ2) is 6.79. The summed E-state index contributed by atoms with van der Waals surface area (Å²) in [6.45, 7) is 0.515. The number of carbonyl (C=O) groups excluding carboxylic acids is 1. The summed E-state index contributed by atoms with van der Waals surface area (Å²) in [6.07, 6.45) is 3.24. The van der Waals surface area contributed by atoms with E-state index < -0.39 is 17.8 Å². The zero-order chi connectivity index (χ0) is 17.3. The number of carboxylic acid groups (broad SMARTS) is 1. The maximum Gasteiger partial charge on any atom is 0.326 e. The lowest BCUT2D eigenvalue weighted by Gasteiger charge is -2.24. The molecule has 1 heterocycles. The van der Waals surface area contributed by atoms with E-state index in [2.05, 4.69) is 0 Å². The molecule has 1 N–H and O–H groups in total. The molecule has 1 saturated heterocycles. The highest BCUT2D eigenvalue weighted by atomic mass is 19.1. The fraction of sp³-hybridized carbons (Fsp3) is 0.556. The number of nitrogens with zero attached hydrogens (tertiary/aromatic N) is 1. The zero-order valence-corrected chi connectivity index (χ0v) is 13.7. The number of likely N-dealkylation sites (tertiary alicyclic amines) is 1. The summed E-state index contributed by atoms with van der Waals surface area (Å²) in [4.78, 5) is 25.6. The number of aryl methyl sites for hydroxylation is 1. The van der Waals surface area contributed by atoms with E-state index >= 15 is 0 Å². The van der Waals surface area contributed by atoms with Crippen molar-refractivity contribution in [3.8, 4) is 5.75 Å². The number of carboxylic acids is 1. The number of benzene rings is 1. The van der Waals surface area contributed by atoms with Gasteiger partial charge >= 0.3 is 5.97 Å². The summed E-state index contributed by atoms with van der Waals surface area (Å²) in [7, 11) is 1.40. The predicted octanol–water partition coefficient (Wildman–Crippen LogP) is 2.48. The molecule has 24 heavy (non-hydrogen) atoms. The van der Waals surface area contributed by atoms with E-state index in [0.717, 1.165) is 19.3 Å². The largest absolute Gasteiger partial charge is 0.494 e. The van der Waals surface area contributed by atoms with Crippen LogP contribution in [0.4, 0.5) is 4.39 Å². The molecule has 2 fully saturated rings. The molecule has 1 aromatic rings. The van der Waals surface area contributed by atoms with E-state index in [-0.39, 0.29) is 30.4 Å². The van der Waals surface area contributed by atoms with Gasteiger partial charge in [-0.15, -0.1) is 0 Å². The van der Waals surface area contributed by atoms with Gasteiger partial charge in [0, 0.05) is 13.0 Å². The van der Waals surface area contributed by atoms with Crippen LogP contribution in [0.15, 0.2) is 18.2 Å². The summed E-state index contributed by atoms with van der Waals surface area (Å²) in [5, 5.41) is 9.51. The van der Waals surface area contributed by atoms with Crippen LogP contribution in [0, 0.1) is 17.7 Å². The number of amides is 1. The Morgan fingerprint density at radius 1 is 1.38 bits per heavy atom. The molecule has 1 amide bonds. The van der Waals surface area contributed by atoms with Gasteiger partial charge in [-0.3, -0.25) is 4.79 Å². The number of aliphatic carboxylic acids is 1. The normalized spacial score (nSPS) is 25.6. The van der Waals surface area contributed by atoms with E-state index in [9.17, 15) is 19.1 Å². The number of halogens is 1. The highest BCUT2D eigenvalue weighted by Gasteiger charge is 2.49. The zero-order valence-electron chi connectivity index (χ0n) is 13.7. The van der Waals surface area contributed by atoms with Crippen LogP contribution in [0.5, 0.6) is 5.75 Å². The van der Waals surface area contributed by atoms with Crippen LogP contribution < -0.4 is 4.74 Å². The fourth-order valence-electron chi connectivity index (χ4n) is 4.17. The molecule has 0 radical (unpaired) electrons. The van der Waals surface area contributed by atoms with Crippen molar-refractivity contribution < 1.29 is 23.8 Å². The lowest BCUT2D eigenvalue weighted by molar-refractivity contribution is -0.149. The minimum atomic E-state index is -0.926. The van der Waals surface area contributed by atoms with Crippen molar-refractivity contribution in [3.05, 3.63) is 29.6 Å².